The van der Waals surface area contributed by atoms with Crippen LogP contribution in [0.3, 0.4) is 0 Å². The highest BCUT2D eigenvalue weighted by atomic mass is 15.2. The zero-order chi connectivity index (χ0) is 13.4. The Bertz CT molecular complexity index is 453. The van der Waals surface area contributed by atoms with Crippen LogP contribution in [0, 0.1) is 12.8 Å². The van der Waals surface area contributed by atoms with Crippen LogP contribution in [-0.2, 0) is 6.54 Å². The number of anilines is 1. The van der Waals surface area contributed by atoms with E-state index in [1.807, 2.05) is 0 Å². The summed E-state index contributed by atoms with van der Waals surface area (Å²) >= 11 is 0. The van der Waals surface area contributed by atoms with E-state index < -0.39 is 0 Å². The molecular weight excluding hydrogens is 234 g/mol. The van der Waals surface area contributed by atoms with Crippen molar-refractivity contribution < 1.29 is 0 Å². The normalized spacial score (nSPS) is 27.0. The van der Waals surface area contributed by atoms with E-state index >= 15 is 0 Å². The Kier molecular flexibility index (Phi) is 3.48. The highest BCUT2D eigenvalue weighted by molar-refractivity contribution is 5.44. The summed E-state index contributed by atoms with van der Waals surface area (Å²) in [6.07, 6.45) is 3.97. The molecule has 0 aromatic carbocycles. The molecule has 19 heavy (non-hydrogen) atoms. The standard InChI is InChI=1S/C16H25N3/c1-11-8-12(2)19(10-11)16-7-4-14(13(3)18-16)9-17-15-5-6-15/h4,7,11-12,15,17H,5-6,8-10H2,1-3H3. The molecule has 0 amide bonds. The van der Waals surface area contributed by atoms with E-state index in [4.69, 9.17) is 4.98 Å². The zero-order valence-corrected chi connectivity index (χ0v) is 12.3. The van der Waals surface area contributed by atoms with Crippen molar-refractivity contribution in [1.82, 2.24) is 10.3 Å². The minimum atomic E-state index is 0.623. The highest BCUT2D eigenvalue weighted by Gasteiger charge is 2.27. The molecule has 1 aliphatic carbocycles. The second kappa shape index (κ2) is 5.12. The molecule has 3 heteroatoms. The minimum absolute atomic E-state index is 0.623. The first kappa shape index (κ1) is 12.9. The van der Waals surface area contributed by atoms with Crippen molar-refractivity contribution in [1.29, 1.82) is 0 Å². The molecule has 1 N–H and O–H groups in total. The van der Waals surface area contributed by atoms with Gasteiger partial charge in [-0.1, -0.05) is 13.0 Å². The van der Waals surface area contributed by atoms with E-state index in [1.54, 1.807) is 0 Å². The summed E-state index contributed by atoms with van der Waals surface area (Å²) in [5, 5.41) is 3.56. The molecular formula is C16H25N3. The number of hydrogen-bond acceptors (Lipinski definition) is 3. The van der Waals surface area contributed by atoms with Crippen molar-refractivity contribution in [3.05, 3.63) is 23.4 Å². The van der Waals surface area contributed by atoms with Crippen LogP contribution in [0.15, 0.2) is 12.1 Å². The Morgan fingerprint density at radius 3 is 2.68 bits per heavy atom. The Balaban J connectivity index is 1.71. The summed E-state index contributed by atoms with van der Waals surface area (Å²) < 4.78 is 0. The number of nitrogens with one attached hydrogen (secondary N) is 1. The van der Waals surface area contributed by atoms with Crippen LogP contribution in [-0.4, -0.2) is 23.6 Å². The van der Waals surface area contributed by atoms with Gasteiger partial charge in [0.15, 0.2) is 0 Å². The van der Waals surface area contributed by atoms with Gasteiger partial charge < -0.3 is 10.2 Å². The molecule has 0 spiro atoms. The molecule has 1 aliphatic heterocycles. The lowest BCUT2D eigenvalue weighted by molar-refractivity contribution is 0.625. The van der Waals surface area contributed by atoms with Crippen molar-refractivity contribution >= 4 is 5.82 Å². The van der Waals surface area contributed by atoms with Gasteiger partial charge in [-0.3, -0.25) is 0 Å². The average molecular weight is 259 g/mol. The highest BCUT2D eigenvalue weighted by Crippen LogP contribution is 2.28. The van der Waals surface area contributed by atoms with Crippen LogP contribution in [0.25, 0.3) is 0 Å². The SMILES string of the molecule is Cc1nc(N2CC(C)CC2C)ccc1CNC1CC1. The number of nitrogens with zero attached hydrogens (tertiary/aromatic N) is 2. The minimum Gasteiger partial charge on any atom is -0.354 e. The third-order valence-corrected chi connectivity index (χ3v) is 4.42. The fourth-order valence-corrected chi connectivity index (χ4v) is 3.08. The molecule has 2 heterocycles. The summed E-state index contributed by atoms with van der Waals surface area (Å²) in [5.74, 6) is 1.94. The maximum absolute atomic E-state index is 4.82. The second-order valence-corrected chi connectivity index (χ2v) is 6.41. The monoisotopic (exact) mass is 259 g/mol. The van der Waals surface area contributed by atoms with Gasteiger partial charge in [0.1, 0.15) is 5.82 Å². The molecule has 0 radical (unpaired) electrons. The molecule has 0 bridgehead atoms. The molecule has 3 rings (SSSR count). The fourth-order valence-electron chi connectivity index (χ4n) is 3.08. The Labute approximate surface area is 116 Å². The van der Waals surface area contributed by atoms with E-state index in [2.05, 4.69) is 43.1 Å². The zero-order valence-electron chi connectivity index (χ0n) is 12.3. The lowest BCUT2D eigenvalue weighted by Crippen LogP contribution is -2.28. The van der Waals surface area contributed by atoms with E-state index in [9.17, 15) is 0 Å². The summed E-state index contributed by atoms with van der Waals surface area (Å²) in [4.78, 5) is 7.28. The van der Waals surface area contributed by atoms with Crippen molar-refractivity contribution in [2.45, 2.75) is 58.7 Å². The van der Waals surface area contributed by atoms with Crippen LogP contribution < -0.4 is 10.2 Å². The van der Waals surface area contributed by atoms with Gasteiger partial charge in [-0.15, -0.1) is 0 Å². The molecule has 1 aromatic rings. The number of aryl methyl sites for hydroxylation is 1. The van der Waals surface area contributed by atoms with Gasteiger partial charge in [0, 0.05) is 30.9 Å². The lowest BCUT2D eigenvalue weighted by atomic mass is 10.1. The molecule has 1 saturated carbocycles. The first-order valence-corrected chi connectivity index (χ1v) is 7.60. The maximum atomic E-state index is 4.82. The van der Waals surface area contributed by atoms with Crippen LogP contribution in [0.4, 0.5) is 5.82 Å². The molecule has 3 nitrogen and oxygen atoms in total. The van der Waals surface area contributed by atoms with Crippen molar-refractivity contribution in [3.63, 3.8) is 0 Å². The summed E-state index contributed by atoms with van der Waals surface area (Å²) in [5.41, 5.74) is 2.52. The van der Waals surface area contributed by atoms with Crippen LogP contribution in [0.2, 0.25) is 0 Å². The molecule has 2 fully saturated rings. The fraction of sp³-hybridized carbons (Fsp3) is 0.688. The second-order valence-electron chi connectivity index (χ2n) is 6.41. The van der Waals surface area contributed by atoms with Crippen LogP contribution in [0.5, 0.6) is 0 Å². The van der Waals surface area contributed by atoms with E-state index in [0.717, 1.165) is 30.9 Å². The summed E-state index contributed by atoms with van der Waals surface area (Å²) in [6.45, 7) is 8.89. The summed E-state index contributed by atoms with van der Waals surface area (Å²) in [7, 11) is 0. The molecule has 2 aliphatic rings. The van der Waals surface area contributed by atoms with E-state index in [-0.39, 0.29) is 0 Å². The third-order valence-electron chi connectivity index (χ3n) is 4.42. The number of rotatable bonds is 4. The predicted molar refractivity (Wildman–Crippen MR) is 79.4 cm³/mol. The van der Waals surface area contributed by atoms with Gasteiger partial charge in [0.05, 0.1) is 0 Å². The first-order chi connectivity index (χ1) is 9.13. The van der Waals surface area contributed by atoms with E-state index in [1.165, 1.54) is 30.5 Å². The van der Waals surface area contributed by atoms with Crippen molar-refractivity contribution in [2.75, 3.05) is 11.4 Å². The number of aromatic nitrogens is 1. The first-order valence-electron chi connectivity index (χ1n) is 7.60. The molecule has 2 unspecified atom stereocenters. The Morgan fingerprint density at radius 2 is 2.11 bits per heavy atom. The molecule has 1 aromatic heterocycles. The topological polar surface area (TPSA) is 28.2 Å². The largest absolute Gasteiger partial charge is 0.354 e. The van der Waals surface area contributed by atoms with Crippen LogP contribution >= 0.6 is 0 Å². The van der Waals surface area contributed by atoms with Crippen molar-refractivity contribution in [3.8, 4) is 0 Å². The molecule has 1 saturated heterocycles. The predicted octanol–water partition coefficient (Wildman–Crippen LogP) is 2.88. The molecule has 104 valence electrons. The van der Waals surface area contributed by atoms with Gasteiger partial charge >= 0.3 is 0 Å². The lowest BCUT2D eigenvalue weighted by Gasteiger charge is -2.23. The number of pyridine rings is 1. The van der Waals surface area contributed by atoms with Crippen molar-refractivity contribution in [2.24, 2.45) is 5.92 Å². The maximum Gasteiger partial charge on any atom is 0.129 e. The smallest absolute Gasteiger partial charge is 0.129 e. The van der Waals surface area contributed by atoms with E-state index in [0.29, 0.717) is 6.04 Å². The molecule has 2 atom stereocenters. The van der Waals surface area contributed by atoms with Gasteiger partial charge in [-0.25, -0.2) is 4.98 Å². The quantitative estimate of drug-likeness (QED) is 0.901. The number of hydrogen-bond donors (Lipinski definition) is 1. The summed E-state index contributed by atoms with van der Waals surface area (Å²) in [6, 6.07) is 5.84. The van der Waals surface area contributed by atoms with Gasteiger partial charge in [-0.2, -0.15) is 0 Å². The van der Waals surface area contributed by atoms with Gasteiger partial charge in [0.25, 0.3) is 0 Å². The Morgan fingerprint density at radius 1 is 1.32 bits per heavy atom. The van der Waals surface area contributed by atoms with Crippen LogP contribution in [0.1, 0.15) is 44.4 Å². The van der Waals surface area contributed by atoms with Gasteiger partial charge in [0.2, 0.25) is 0 Å². The Hall–Kier alpha value is -1.09. The van der Waals surface area contributed by atoms with Gasteiger partial charge in [-0.05, 0) is 50.7 Å². The average Bonchev–Trinajstić information content (AvgIpc) is 3.12. The third kappa shape index (κ3) is 2.92.